The van der Waals surface area contributed by atoms with E-state index in [0.29, 0.717) is 30.2 Å². The van der Waals surface area contributed by atoms with Gasteiger partial charge in [0.1, 0.15) is 5.75 Å². The van der Waals surface area contributed by atoms with Gasteiger partial charge in [0.15, 0.2) is 0 Å². The monoisotopic (exact) mass is 344 g/mol. The summed E-state index contributed by atoms with van der Waals surface area (Å²) in [5.41, 5.74) is 0.618. The molecule has 1 saturated carbocycles. The third-order valence-corrected chi connectivity index (χ3v) is 5.67. The molecular weight excluding hydrogens is 316 g/mol. The van der Waals surface area contributed by atoms with E-state index in [-0.39, 0.29) is 18.2 Å². The smallest absolute Gasteiger partial charge is 0.251 e. The van der Waals surface area contributed by atoms with Crippen LogP contribution < -0.4 is 15.0 Å². The van der Waals surface area contributed by atoms with Crippen molar-refractivity contribution in [3.05, 3.63) is 24.3 Å². The maximum Gasteiger partial charge on any atom is 0.251 e. The molecule has 2 fully saturated rings. The molecule has 1 N–H and O–H groups in total. The SMILES string of the molecule is CCOc1ccc(N2C(=O)C[C@@H](N[C@H]3CCC[C@H](C)[C@@H]3C)C2=O)cc1. The molecule has 4 atom stereocenters. The Balaban J connectivity index is 1.69. The molecule has 0 bridgehead atoms. The van der Waals surface area contributed by atoms with Crippen LogP contribution in [-0.2, 0) is 9.59 Å². The molecule has 1 aromatic carbocycles. The molecule has 3 rings (SSSR count). The van der Waals surface area contributed by atoms with Crippen LogP contribution >= 0.6 is 0 Å². The second-order valence-electron chi connectivity index (χ2n) is 7.29. The van der Waals surface area contributed by atoms with Crippen LogP contribution in [0.3, 0.4) is 0 Å². The van der Waals surface area contributed by atoms with Crippen molar-refractivity contribution in [1.82, 2.24) is 5.32 Å². The fraction of sp³-hybridized carbons (Fsp3) is 0.600. The molecule has 5 nitrogen and oxygen atoms in total. The first-order chi connectivity index (χ1) is 12.0. The minimum Gasteiger partial charge on any atom is -0.494 e. The molecule has 2 aliphatic rings. The van der Waals surface area contributed by atoms with E-state index in [4.69, 9.17) is 4.74 Å². The van der Waals surface area contributed by atoms with Gasteiger partial charge in [0, 0.05) is 6.04 Å². The van der Waals surface area contributed by atoms with Crippen molar-refractivity contribution in [3.8, 4) is 5.75 Å². The lowest BCUT2D eigenvalue weighted by atomic mass is 9.78. The minimum atomic E-state index is -0.406. The molecule has 2 amide bonds. The molecule has 0 unspecified atom stereocenters. The molecule has 136 valence electrons. The topological polar surface area (TPSA) is 58.6 Å². The van der Waals surface area contributed by atoms with E-state index >= 15 is 0 Å². The second-order valence-corrected chi connectivity index (χ2v) is 7.29. The Kier molecular flexibility index (Phi) is 5.42. The third kappa shape index (κ3) is 3.71. The van der Waals surface area contributed by atoms with Gasteiger partial charge in [0.05, 0.1) is 24.8 Å². The molecule has 1 aromatic rings. The van der Waals surface area contributed by atoms with Crippen molar-refractivity contribution in [2.75, 3.05) is 11.5 Å². The number of anilines is 1. The van der Waals surface area contributed by atoms with E-state index in [1.807, 2.05) is 6.92 Å². The van der Waals surface area contributed by atoms with Crippen LogP contribution in [0.25, 0.3) is 0 Å². The van der Waals surface area contributed by atoms with Crippen LogP contribution in [0.5, 0.6) is 5.75 Å². The number of rotatable bonds is 5. The van der Waals surface area contributed by atoms with Gasteiger partial charge in [-0.1, -0.05) is 26.7 Å². The van der Waals surface area contributed by atoms with Gasteiger partial charge in [-0.2, -0.15) is 0 Å². The van der Waals surface area contributed by atoms with Gasteiger partial charge in [-0.15, -0.1) is 0 Å². The van der Waals surface area contributed by atoms with Crippen LogP contribution in [0.1, 0.15) is 46.5 Å². The largest absolute Gasteiger partial charge is 0.494 e. The van der Waals surface area contributed by atoms with E-state index in [0.717, 1.165) is 12.2 Å². The van der Waals surface area contributed by atoms with Gasteiger partial charge in [-0.05, 0) is 49.4 Å². The van der Waals surface area contributed by atoms with Gasteiger partial charge >= 0.3 is 0 Å². The van der Waals surface area contributed by atoms with Gasteiger partial charge < -0.3 is 10.1 Å². The zero-order valence-corrected chi connectivity index (χ0v) is 15.3. The molecule has 1 aliphatic heterocycles. The van der Waals surface area contributed by atoms with E-state index in [2.05, 4.69) is 19.2 Å². The average Bonchev–Trinajstić information content (AvgIpc) is 2.87. The zero-order valence-electron chi connectivity index (χ0n) is 15.3. The number of carbonyl (C=O) groups is 2. The number of carbonyl (C=O) groups excluding carboxylic acids is 2. The maximum absolute atomic E-state index is 12.8. The molecule has 25 heavy (non-hydrogen) atoms. The number of hydrogen-bond donors (Lipinski definition) is 1. The molecule has 1 saturated heterocycles. The van der Waals surface area contributed by atoms with Crippen LogP contribution in [-0.4, -0.2) is 30.5 Å². The number of amides is 2. The van der Waals surface area contributed by atoms with Crippen molar-refractivity contribution in [1.29, 1.82) is 0 Å². The summed E-state index contributed by atoms with van der Waals surface area (Å²) in [6.07, 6.45) is 3.74. The predicted octanol–water partition coefficient (Wildman–Crippen LogP) is 3.13. The Morgan fingerprint density at radius 2 is 1.88 bits per heavy atom. The molecule has 0 spiro atoms. The number of nitrogens with zero attached hydrogens (tertiary/aromatic N) is 1. The highest BCUT2D eigenvalue weighted by molar-refractivity contribution is 6.22. The summed E-state index contributed by atoms with van der Waals surface area (Å²) >= 11 is 0. The average molecular weight is 344 g/mol. The molecule has 1 aliphatic carbocycles. The molecular formula is C20H28N2O3. The Bertz CT molecular complexity index is 628. The van der Waals surface area contributed by atoms with Gasteiger partial charge in [0.25, 0.3) is 5.91 Å². The number of ether oxygens (including phenoxy) is 1. The second kappa shape index (κ2) is 7.56. The van der Waals surface area contributed by atoms with E-state index in [1.165, 1.54) is 17.7 Å². The third-order valence-electron chi connectivity index (χ3n) is 5.67. The first-order valence-electron chi connectivity index (χ1n) is 9.37. The first kappa shape index (κ1) is 17.9. The lowest BCUT2D eigenvalue weighted by molar-refractivity contribution is -0.121. The Labute approximate surface area is 149 Å². The number of benzene rings is 1. The van der Waals surface area contributed by atoms with Gasteiger partial charge in [-0.3, -0.25) is 9.59 Å². The lowest BCUT2D eigenvalue weighted by Gasteiger charge is -2.36. The standard InChI is InChI=1S/C20H28N2O3/c1-4-25-16-10-8-15(9-11-16)22-19(23)12-18(20(22)24)21-17-7-5-6-13(2)14(17)3/h8-11,13-14,17-18,21H,4-7,12H2,1-3H3/t13-,14-,17-,18+/m0/s1. The summed E-state index contributed by atoms with van der Waals surface area (Å²) in [7, 11) is 0. The Morgan fingerprint density at radius 3 is 2.56 bits per heavy atom. The minimum absolute atomic E-state index is 0.136. The fourth-order valence-electron chi connectivity index (χ4n) is 3.97. The molecule has 0 radical (unpaired) electrons. The van der Waals surface area contributed by atoms with Crippen molar-refractivity contribution in [3.63, 3.8) is 0 Å². The van der Waals surface area contributed by atoms with Gasteiger partial charge in [-0.25, -0.2) is 4.90 Å². The quantitative estimate of drug-likeness (QED) is 0.834. The molecule has 0 aromatic heterocycles. The zero-order chi connectivity index (χ0) is 18.0. The first-order valence-corrected chi connectivity index (χ1v) is 9.37. The Morgan fingerprint density at radius 1 is 1.16 bits per heavy atom. The lowest BCUT2D eigenvalue weighted by Crippen LogP contribution is -2.48. The normalized spacial score (nSPS) is 30.0. The van der Waals surface area contributed by atoms with Crippen molar-refractivity contribution < 1.29 is 14.3 Å². The van der Waals surface area contributed by atoms with Gasteiger partial charge in [0.2, 0.25) is 5.91 Å². The van der Waals surface area contributed by atoms with Crippen LogP contribution in [0, 0.1) is 11.8 Å². The number of imide groups is 1. The summed E-state index contributed by atoms with van der Waals surface area (Å²) < 4.78 is 5.42. The summed E-state index contributed by atoms with van der Waals surface area (Å²) in [5.74, 6) is 1.64. The summed E-state index contributed by atoms with van der Waals surface area (Å²) in [5, 5.41) is 3.47. The highest BCUT2D eigenvalue weighted by atomic mass is 16.5. The highest BCUT2D eigenvalue weighted by Crippen LogP contribution is 2.31. The van der Waals surface area contributed by atoms with Crippen molar-refractivity contribution >= 4 is 17.5 Å². The Hall–Kier alpha value is -1.88. The molecule has 1 heterocycles. The fourth-order valence-corrected chi connectivity index (χ4v) is 3.97. The van der Waals surface area contributed by atoms with Crippen LogP contribution in [0.2, 0.25) is 0 Å². The number of hydrogen-bond acceptors (Lipinski definition) is 4. The highest BCUT2D eigenvalue weighted by Gasteiger charge is 2.41. The summed E-state index contributed by atoms with van der Waals surface area (Å²) in [6.45, 7) is 7.02. The summed E-state index contributed by atoms with van der Waals surface area (Å²) in [6, 6.07) is 7.04. The van der Waals surface area contributed by atoms with Crippen LogP contribution in [0.4, 0.5) is 5.69 Å². The molecule has 5 heteroatoms. The van der Waals surface area contributed by atoms with Crippen molar-refractivity contribution in [2.24, 2.45) is 11.8 Å². The van der Waals surface area contributed by atoms with E-state index < -0.39 is 6.04 Å². The van der Waals surface area contributed by atoms with E-state index in [9.17, 15) is 9.59 Å². The van der Waals surface area contributed by atoms with E-state index in [1.54, 1.807) is 24.3 Å². The van der Waals surface area contributed by atoms with Crippen LogP contribution in [0.15, 0.2) is 24.3 Å². The summed E-state index contributed by atoms with van der Waals surface area (Å²) in [4.78, 5) is 26.5. The number of nitrogens with one attached hydrogen (secondary N) is 1. The maximum atomic E-state index is 12.8. The van der Waals surface area contributed by atoms with Crippen molar-refractivity contribution in [2.45, 2.75) is 58.5 Å². The predicted molar refractivity (Wildman–Crippen MR) is 97.6 cm³/mol.